The van der Waals surface area contributed by atoms with Crippen molar-refractivity contribution in [3.8, 4) is 0 Å². The van der Waals surface area contributed by atoms with Gasteiger partial charge in [0.1, 0.15) is 0 Å². The Morgan fingerprint density at radius 2 is 1.84 bits per heavy atom. The summed E-state index contributed by atoms with van der Waals surface area (Å²) in [5, 5.41) is 3.01. The fourth-order valence-corrected chi connectivity index (χ4v) is 3.79. The number of morpholine rings is 1. The van der Waals surface area contributed by atoms with Gasteiger partial charge in [0.15, 0.2) is 6.61 Å². The average molecular weight is 354 g/mol. The van der Waals surface area contributed by atoms with Crippen molar-refractivity contribution in [1.82, 2.24) is 10.2 Å². The number of amides is 1. The molecule has 0 atom stereocenters. The summed E-state index contributed by atoms with van der Waals surface area (Å²) in [4.78, 5) is 26.3. The Balaban J connectivity index is 1.77. The Kier molecular flexibility index (Phi) is 8.16. The van der Waals surface area contributed by atoms with Crippen LogP contribution in [-0.2, 0) is 19.1 Å². The van der Waals surface area contributed by atoms with Gasteiger partial charge in [-0.2, -0.15) is 0 Å². The second-order valence-corrected chi connectivity index (χ2v) is 7.75. The summed E-state index contributed by atoms with van der Waals surface area (Å²) in [7, 11) is 0. The average Bonchev–Trinajstić information content (AvgIpc) is 2.64. The number of carbonyl (C=O) groups excluding carboxylic acids is 2. The molecule has 2 fully saturated rings. The van der Waals surface area contributed by atoms with Crippen LogP contribution in [0.5, 0.6) is 0 Å². The van der Waals surface area contributed by atoms with Crippen molar-refractivity contribution in [3.63, 3.8) is 0 Å². The van der Waals surface area contributed by atoms with Crippen molar-refractivity contribution in [2.45, 2.75) is 64.3 Å². The van der Waals surface area contributed by atoms with E-state index in [4.69, 9.17) is 9.47 Å². The molecule has 0 radical (unpaired) electrons. The number of carbonyl (C=O) groups is 2. The summed E-state index contributed by atoms with van der Waals surface area (Å²) in [5.74, 6) is -0.0263. The van der Waals surface area contributed by atoms with Gasteiger partial charge in [0.25, 0.3) is 5.91 Å². The van der Waals surface area contributed by atoms with Gasteiger partial charge >= 0.3 is 5.97 Å². The van der Waals surface area contributed by atoms with E-state index in [1.54, 1.807) is 0 Å². The van der Waals surface area contributed by atoms with E-state index < -0.39 is 0 Å². The van der Waals surface area contributed by atoms with Gasteiger partial charge in [-0.05, 0) is 25.2 Å². The molecule has 1 N–H and O–H groups in total. The molecule has 6 heteroatoms. The third-order valence-corrected chi connectivity index (χ3v) is 5.37. The maximum atomic E-state index is 12.1. The molecule has 1 heterocycles. The standard InChI is InChI=1S/C19H34N2O4/c1-16(2)6-7-18(23)25-14-17(22)20-15-19(8-4-3-5-9-19)21-10-12-24-13-11-21/h16H,3-15H2,1-2H3,(H,20,22). The molecule has 1 amide bonds. The normalized spacial score (nSPS) is 21.1. The molecule has 1 aliphatic carbocycles. The maximum Gasteiger partial charge on any atom is 0.306 e. The first-order valence-electron chi connectivity index (χ1n) is 9.77. The molecule has 0 aromatic carbocycles. The number of hydrogen-bond donors (Lipinski definition) is 1. The van der Waals surface area contributed by atoms with Crippen LogP contribution in [0.2, 0.25) is 0 Å². The number of hydrogen-bond acceptors (Lipinski definition) is 5. The largest absolute Gasteiger partial charge is 0.456 e. The van der Waals surface area contributed by atoms with E-state index in [1.165, 1.54) is 19.3 Å². The van der Waals surface area contributed by atoms with Gasteiger partial charge < -0.3 is 14.8 Å². The molecule has 2 aliphatic rings. The monoisotopic (exact) mass is 354 g/mol. The molecule has 6 nitrogen and oxygen atoms in total. The van der Waals surface area contributed by atoms with Gasteiger partial charge in [0.2, 0.25) is 0 Å². The third kappa shape index (κ3) is 6.59. The van der Waals surface area contributed by atoms with E-state index in [0.29, 0.717) is 18.9 Å². The van der Waals surface area contributed by atoms with Gasteiger partial charge in [-0.3, -0.25) is 14.5 Å². The Hall–Kier alpha value is -1.14. The smallest absolute Gasteiger partial charge is 0.306 e. The first-order valence-corrected chi connectivity index (χ1v) is 9.77. The lowest BCUT2D eigenvalue weighted by molar-refractivity contribution is -0.149. The Labute approximate surface area is 151 Å². The predicted molar refractivity (Wildman–Crippen MR) is 96.2 cm³/mol. The lowest BCUT2D eigenvalue weighted by atomic mass is 9.79. The van der Waals surface area contributed by atoms with Crippen molar-refractivity contribution >= 4 is 11.9 Å². The molecule has 0 unspecified atom stereocenters. The van der Waals surface area contributed by atoms with Gasteiger partial charge in [-0.1, -0.05) is 33.1 Å². The highest BCUT2D eigenvalue weighted by Gasteiger charge is 2.38. The summed E-state index contributed by atoms with van der Waals surface area (Å²) in [6.07, 6.45) is 7.08. The maximum absolute atomic E-state index is 12.1. The molecule has 0 bridgehead atoms. The van der Waals surface area contributed by atoms with Crippen LogP contribution < -0.4 is 5.32 Å². The van der Waals surface area contributed by atoms with E-state index in [0.717, 1.165) is 45.6 Å². The molecular formula is C19H34N2O4. The van der Waals surface area contributed by atoms with Crippen LogP contribution in [0.25, 0.3) is 0 Å². The zero-order valence-corrected chi connectivity index (χ0v) is 15.8. The molecule has 1 saturated carbocycles. The summed E-state index contributed by atoms with van der Waals surface area (Å²) in [6.45, 7) is 7.99. The number of nitrogens with zero attached hydrogens (tertiary/aromatic N) is 1. The van der Waals surface area contributed by atoms with Gasteiger partial charge in [0.05, 0.1) is 13.2 Å². The number of esters is 1. The molecule has 0 aromatic heterocycles. The minimum Gasteiger partial charge on any atom is -0.456 e. The molecular weight excluding hydrogens is 320 g/mol. The lowest BCUT2D eigenvalue weighted by Gasteiger charge is -2.48. The fourth-order valence-electron chi connectivity index (χ4n) is 3.79. The second kappa shape index (κ2) is 10.1. The number of rotatable bonds is 8. The highest BCUT2D eigenvalue weighted by molar-refractivity contribution is 5.80. The van der Waals surface area contributed by atoms with E-state index in [2.05, 4.69) is 24.1 Å². The zero-order chi connectivity index (χ0) is 18.1. The van der Waals surface area contributed by atoms with Crippen molar-refractivity contribution in [2.24, 2.45) is 5.92 Å². The van der Waals surface area contributed by atoms with Crippen LogP contribution >= 0.6 is 0 Å². The molecule has 2 rings (SSSR count). The van der Waals surface area contributed by atoms with Crippen LogP contribution in [0, 0.1) is 5.92 Å². The molecule has 0 aromatic rings. The van der Waals surface area contributed by atoms with E-state index in [1.807, 2.05) is 0 Å². The topological polar surface area (TPSA) is 67.9 Å². The quantitative estimate of drug-likeness (QED) is 0.676. The molecule has 25 heavy (non-hydrogen) atoms. The Bertz CT molecular complexity index is 427. The van der Waals surface area contributed by atoms with Crippen LogP contribution in [0.15, 0.2) is 0 Å². The Morgan fingerprint density at radius 3 is 2.48 bits per heavy atom. The molecule has 0 spiro atoms. The third-order valence-electron chi connectivity index (χ3n) is 5.37. The van der Waals surface area contributed by atoms with Gasteiger partial charge in [-0.25, -0.2) is 0 Å². The first-order chi connectivity index (χ1) is 12.0. The summed E-state index contributed by atoms with van der Waals surface area (Å²) < 4.78 is 10.6. The van der Waals surface area contributed by atoms with E-state index in [-0.39, 0.29) is 24.0 Å². The van der Waals surface area contributed by atoms with Crippen LogP contribution in [0.3, 0.4) is 0 Å². The van der Waals surface area contributed by atoms with Crippen LogP contribution in [0.1, 0.15) is 58.8 Å². The van der Waals surface area contributed by atoms with Crippen molar-refractivity contribution < 1.29 is 19.1 Å². The van der Waals surface area contributed by atoms with Gasteiger partial charge in [-0.15, -0.1) is 0 Å². The lowest BCUT2D eigenvalue weighted by Crippen LogP contribution is -2.59. The number of nitrogens with one attached hydrogen (secondary N) is 1. The first kappa shape index (κ1) is 20.2. The molecule has 144 valence electrons. The summed E-state index contributed by atoms with van der Waals surface area (Å²) in [5.41, 5.74) is 0.0410. The fraction of sp³-hybridized carbons (Fsp3) is 0.895. The minimum absolute atomic E-state index is 0.0410. The zero-order valence-electron chi connectivity index (χ0n) is 15.8. The Morgan fingerprint density at radius 1 is 1.16 bits per heavy atom. The van der Waals surface area contributed by atoms with Crippen LogP contribution in [0.4, 0.5) is 0 Å². The van der Waals surface area contributed by atoms with Crippen molar-refractivity contribution in [2.75, 3.05) is 39.5 Å². The van der Waals surface area contributed by atoms with Crippen molar-refractivity contribution in [3.05, 3.63) is 0 Å². The van der Waals surface area contributed by atoms with E-state index >= 15 is 0 Å². The van der Waals surface area contributed by atoms with Gasteiger partial charge in [0, 0.05) is 31.6 Å². The summed E-state index contributed by atoms with van der Waals surface area (Å²) >= 11 is 0. The van der Waals surface area contributed by atoms with E-state index in [9.17, 15) is 9.59 Å². The minimum atomic E-state index is -0.288. The number of ether oxygens (including phenoxy) is 2. The predicted octanol–water partition coefficient (Wildman–Crippen LogP) is 2.12. The second-order valence-electron chi connectivity index (χ2n) is 7.75. The molecule has 1 saturated heterocycles. The van der Waals surface area contributed by atoms with Crippen molar-refractivity contribution in [1.29, 1.82) is 0 Å². The SMILES string of the molecule is CC(C)CCC(=O)OCC(=O)NCC1(N2CCOCC2)CCCCC1. The highest BCUT2D eigenvalue weighted by atomic mass is 16.5. The molecule has 1 aliphatic heterocycles. The summed E-state index contributed by atoms with van der Waals surface area (Å²) in [6, 6.07) is 0. The van der Waals surface area contributed by atoms with Crippen LogP contribution in [-0.4, -0.2) is 61.8 Å². The highest BCUT2D eigenvalue weighted by Crippen LogP contribution is 2.33.